The molecule has 37 heavy (non-hydrogen) atoms. The number of rotatable bonds is 9. The summed E-state index contributed by atoms with van der Waals surface area (Å²) < 4.78 is 28.8. The van der Waals surface area contributed by atoms with Crippen LogP contribution in [0.2, 0.25) is 5.02 Å². The van der Waals surface area contributed by atoms with Crippen molar-refractivity contribution in [1.82, 2.24) is 14.2 Å². The minimum atomic E-state index is -3.62. The van der Waals surface area contributed by atoms with Crippen LogP contribution in [0.4, 0.5) is 5.13 Å². The summed E-state index contributed by atoms with van der Waals surface area (Å²) in [6.45, 7) is 12.1. The Kier molecular flexibility index (Phi) is 8.91. The molecule has 0 saturated carbocycles. The first-order chi connectivity index (χ1) is 17.6. The van der Waals surface area contributed by atoms with Gasteiger partial charge < -0.3 is 4.90 Å². The average molecular weight is 563 g/mol. The highest BCUT2D eigenvalue weighted by molar-refractivity contribution is 7.89. The summed E-state index contributed by atoms with van der Waals surface area (Å²) in [5.41, 5.74) is 3.22. The number of aromatic nitrogens is 1. The second kappa shape index (κ2) is 11.8. The van der Waals surface area contributed by atoms with Gasteiger partial charge in [-0.3, -0.25) is 9.69 Å². The molecule has 200 valence electrons. The number of piperidine rings is 1. The summed E-state index contributed by atoms with van der Waals surface area (Å²) in [5.74, 6) is -0.215. The molecule has 0 radical (unpaired) electrons. The topological polar surface area (TPSA) is 73.8 Å². The van der Waals surface area contributed by atoms with Gasteiger partial charge >= 0.3 is 0 Å². The molecule has 1 aromatic heterocycles. The van der Waals surface area contributed by atoms with Gasteiger partial charge in [0.1, 0.15) is 0 Å². The summed E-state index contributed by atoms with van der Waals surface area (Å²) in [7, 11) is -3.62. The lowest BCUT2D eigenvalue weighted by atomic mass is 9.96. The second-order valence-corrected chi connectivity index (χ2v) is 13.0. The smallest absolute Gasteiger partial charge is 0.243 e. The number of carbonyl (C=O) groups excluding carboxylic acids is 1. The molecule has 1 aliphatic heterocycles. The van der Waals surface area contributed by atoms with Crippen molar-refractivity contribution in [3.63, 3.8) is 0 Å². The lowest BCUT2D eigenvalue weighted by molar-refractivity contribution is -0.123. The van der Waals surface area contributed by atoms with E-state index in [0.29, 0.717) is 37.5 Å². The third kappa shape index (κ3) is 6.17. The Labute approximate surface area is 229 Å². The lowest BCUT2D eigenvalue weighted by Crippen LogP contribution is -2.46. The van der Waals surface area contributed by atoms with Gasteiger partial charge in [-0.2, -0.15) is 4.31 Å². The van der Waals surface area contributed by atoms with E-state index in [1.165, 1.54) is 22.0 Å². The van der Waals surface area contributed by atoms with Crippen molar-refractivity contribution in [3.8, 4) is 0 Å². The van der Waals surface area contributed by atoms with Crippen LogP contribution in [0.5, 0.6) is 0 Å². The molecule has 3 aromatic rings. The summed E-state index contributed by atoms with van der Waals surface area (Å²) in [4.78, 5) is 23.1. The van der Waals surface area contributed by atoms with Gasteiger partial charge in [0.2, 0.25) is 15.9 Å². The van der Waals surface area contributed by atoms with E-state index in [1.807, 2.05) is 4.90 Å². The number of fused-ring (bicyclic) bond motifs is 1. The number of benzene rings is 2. The maximum absolute atomic E-state index is 13.9. The minimum absolute atomic E-state index is 0.0316. The number of hydrogen-bond acceptors (Lipinski definition) is 6. The highest BCUT2D eigenvalue weighted by Crippen LogP contribution is 2.34. The van der Waals surface area contributed by atoms with E-state index in [-0.39, 0.29) is 16.7 Å². The van der Waals surface area contributed by atoms with Crippen LogP contribution in [-0.4, -0.2) is 67.8 Å². The molecule has 2 aromatic carbocycles. The number of likely N-dealkylation sites (N-methyl/N-ethyl adjacent to an activating group) is 1. The fourth-order valence-electron chi connectivity index (χ4n) is 4.87. The molecular weight excluding hydrogens is 528 g/mol. The van der Waals surface area contributed by atoms with E-state index in [1.54, 1.807) is 23.5 Å². The van der Waals surface area contributed by atoms with Crippen molar-refractivity contribution in [2.75, 3.05) is 44.2 Å². The molecule has 10 heteroatoms. The highest BCUT2D eigenvalue weighted by Gasteiger charge is 2.35. The van der Waals surface area contributed by atoms with Crippen LogP contribution in [0.25, 0.3) is 10.2 Å². The van der Waals surface area contributed by atoms with E-state index in [0.717, 1.165) is 40.5 Å². The van der Waals surface area contributed by atoms with Crippen LogP contribution in [0.1, 0.15) is 37.8 Å². The zero-order chi connectivity index (χ0) is 26.7. The Morgan fingerprint density at radius 1 is 1.08 bits per heavy atom. The van der Waals surface area contributed by atoms with Crippen molar-refractivity contribution >= 4 is 54.2 Å². The number of thiazole rings is 1. The molecule has 0 aliphatic carbocycles. The number of hydrogen-bond donors (Lipinski definition) is 0. The molecule has 1 fully saturated rings. The van der Waals surface area contributed by atoms with E-state index >= 15 is 0 Å². The van der Waals surface area contributed by atoms with E-state index in [9.17, 15) is 13.2 Å². The number of aryl methyl sites for hydroxylation is 2. The van der Waals surface area contributed by atoms with Gasteiger partial charge in [0.05, 0.1) is 15.1 Å². The number of halogens is 1. The predicted octanol–water partition coefficient (Wildman–Crippen LogP) is 5.34. The molecule has 0 bridgehead atoms. The van der Waals surface area contributed by atoms with Gasteiger partial charge in [0.15, 0.2) is 5.13 Å². The van der Waals surface area contributed by atoms with Crippen LogP contribution in [0.15, 0.2) is 41.3 Å². The Bertz CT molecular complexity index is 1350. The Balaban J connectivity index is 1.54. The average Bonchev–Trinajstić information content (AvgIpc) is 3.31. The van der Waals surface area contributed by atoms with Crippen molar-refractivity contribution in [2.45, 2.75) is 45.4 Å². The maximum atomic E-state index is 13.9. The fourth-order valence-corrected chi connectivity index (χ4v) is 7.64. The van der Waals surface area contributed by atoms with Gasteiger partial charge in [-0.25, -0.2) is 13.4 Å². The van der Waals surface area contributed by atoms with Gasteiger partial charge in [0, 0.05) is 37.1 Å². The Morgan fingerprint density at radius 3 is 2.35 bits per heavy atom. The van der Waals surface area contributed by atoms with Crippen molar-refractivity contribution in [3.05, 3.63) is 52.5 Å². The first-order valence-corrected chi connectivity index (χ1v) is 15.4. The summed E-state index contributed by atoms with van der Waals surface area (Å²) in [6.07, 6.45) is 0.965. The van der Waals surface area contributed by atoms with Crippen LogP contribution >= 0.6 is 22.9 Å². The lowest BCUT2D eigenvalue weighted by Gasteiger charge is -2.33. The molecule has 0 spiro atoms. The van der Waals surface area contributed by atoms with E-state index < -0.39 is 10.0 Å². The summed E-state index contributed by atoms with van der Waals surface area (Å²) >= 11 is 7.48. The van der Waals surface area contributed by atoms with Gasteiger partial charge in [-0.1, -0.05) is 42.9 Å². The molecule has 1 amide bonds. The van der Waals surface area contributed by atoms with Gasteiger partial charge in [-0.05, 0) is 81.2 Å². The molecular formula is C27H35ClN4O3S2. The largest absolute Gasteiger partial charge is 0.302 e. The van der Waals surface area contributed by atoms with Crippen LogP contribution in [0, 0.1) is 19.8 Å². The SMILES string of the molecule is CCN(CC)CCN(C(=O)C1CCN(S(=O)(=O)c2ccc(Cl)cc2)CC1)c1nc2c(C)cc(C)cc2s1. The molecule has 1 aliphatic rings. The molecule has 0 atom stereocenters. The number of anilines is 1. The molecule has 2 heterocycles. The number of sulfonamides is 1. The quantitative estimate of drug-likeness (QED) is 0.352. The van der Waals surface area contributed by atoms with E-state index in [2.05, 4.69) is 44.7 Å². The maximum Gasteiger partial charge on any atom is 0.243 e. The number of nitrogens with zero attached hydrogens (tertiary/aromatic N) is 4. The first kappa shape index (κ1) is 28.0. The molecule has 0 N–H and O–H groups in total. The van der Waals surface area contributed by atoms with E-state index in [4.69, 9.17) is 16.6 Å². The predicted molar refractivity (Wildman–Crippen MR) is 152 cm³/mol. The highest BCUT2D eigenvalue weighted by atomic mass is 35.5. The molecule has 0 unspecified atom stereocenters. The van der Waals surface area contributed by atoms with Gasteiger partial charge in [0.25, 0.3) is 0 Å². The third-order valence-corrected chi connectivity index (χ3v) is 10.3. The zero-order valence-electron chi connectivity index (χ0n) is 21.9. The molecule has 4 rings (SSSR count). The van der Waals surface area contributed by atoms with Crippen molar-refractivity contribution in [2.24, 2.45) is 5.92 Å². The van der Waals surface area contributed by atoms with Crippen LogP contribution < -0.4 is 4.90 Å². The van der Waals surface area contributed by atoms with Crippen LogP contribution in [-0.2, 0) is 14.8 Å². The number of amides is 1. The van der Waals surface area contributed by atoms with Crippen molar-refractivity contribution < 1.29 is 13.2 Å². The molecule has 1 saturated heterocycles. The minimum Gasteiger partial charge on any atom is -0.302 e. The Hall–Kier alpha value is -2.04. The standard InChI is InChI=1S/C27H35ClN4O3S2/c1-5-30(6-2)15-16-32(27-29-25-20(4)17-19(3)18-24(25)36-27)26(33)21-11-13-31(14-12-21)37(34,35)23-9-7-22(28)8-10-23/h7-10,17-18,21H,5-6,11-16H2,1-4H3. The monoisotopic (exact) mass is 562 g/mol. The Morgan fingerprint density at radius 2 is 1.73 bits per heavy atom. The fraction of sp³-hybridized carbons (Fsp3) is 0.481. The van der Waals surface area contributed by atoms with Crippen molar-refractivity contribution in [1.29, 1.82) is 0 Å². The van der Waals surface area contributed by atoms with Crippen LogP contribution in [0.3, 0.4) is 0 Å². The summed E-state index contributed by atoms with van der Waals surface area (Å²) in [5, 5.41) is 1.21. The normalized spacial score (nSPS) is 15.5. The van der Waals surface area contributed by atoms with Gasteiger partial charge in [-0.15, -0.1) is 0 Å². The second-order valence-electron chi connectivity index (χ2n) is 9.57. The first-order valence-electron chi connectivity index (χ1n) is 12.8. The molecule has 7 nitrogen and oxygen atoms in total. The summed E-state index contributed by atoms with van der Waals surface area (Å²) in [6, 6.07) is 10.5. The third-order valence-electron chi connectivity index (χ3n) is 7.10. The zero-order valence-corrected chi connectivity index (χ0v) is 24.3. The number of carbonyl (C=O) groups is 1.